The van der Waals surface area contributed by atoms with Gasteiger partial charge in [-0.1, -0.05) is 57.5 Å². The molecule has 0 radical (unpaired) electrons. The summed E-state index contributed by atoms with van der Waals surface area (Å²) in [5.41, 5.74) is 1.83. The van der Waals surface area contributed by atoms with Crippen LogP contribution in [0.3, 0.4) is 0 Å². The van der Waals surface area contributed by atoms with Crippen LogP contribution < -0.4 is 5.76 Å². The van der Waals surface area contributed by atoms with Crippen LogP contribution in [0, 0.1) is 0 Å². The summed E-state index contributed by atoms with van der Waals surface area (Å²) in [6.45, 7) is 12.8. The summed E-state index contributed by atoms with van der Waals surface area (Å²) in [7, 11) is 0. The summed E-state index contributed by atoms with van der Waals surface area (Å²) < 4.78 is 6.72. The molecule has 0 atom stereocenters. The zero-order chi connectivity index (χ0) is 19.0. The molecule has 1 N–H and O–H groups in total. The number of phenols is 1. The van der Waals surface area contributed by atoms with Gasteiger partial charge in [-0.2, -0.15) is 4.68 Å². The molecule has 5 nitrogen and oxygen atoms in total. The second-order valence-electron chi connectivity index (χ2n) is 8.36. The van der Waals surface area contributed by atoms with Crippen LogP contribution in [0.15, 0.2) is 21.3 Å². The largest absolute Gasteiger partial charge is 0.507 e. The normalized spacial score (nSPS) is 12.6. The predicted octanol–water partition coefficient (Wildman–Crippen LogP) is 4.59. The van der Waals surface area contributed by atoms with E-state index in [9.17, 15) is 9.90 Å². The second kappa shape index (κ2) is 6.98. The number of aromatic nitrogens is 2. The molecule has 0 aliphatic carbocycles. The van der Waals surface area contributed by atoms with Crippen molar-refractivity contribution >= 4 is 15.9 Å². The van der Waals surface area contributed by atoms with Gasteiger partial charge in [0.2, 0.25) is 5.89 Å². The van der Waals surface area contributed by atoms with E-state index in [0.717, 1.165) is 22.9 Å². The molecule has 2 rings (SSSR count). The number of aromatic hydroxyl groups is 1. The highest BCUT2D eigenvalue weighted by Crippen LogP contribution is 2.41. The molecule has 138 valence electrons. The van der Waals surface area contributed by atoms with Crippen LogP contribution in [0.25, 0.3) is 11.5 Å². The van der Waals surface area contributed by atoms with Crippen molar-refractivity contribution in [2.45, 2.75) is 65.3 Å². The molecule has 1 heterocycles. The van der Waals surface area contributed by atoms with Crippen molar-refractivity contribution in [3.8, 4) is 17.2 Å². The Labute approximate surface area is 157 Å². The topological polar surface area (TPSA) is 68.3 Å². The third kappa shape index (κ3) is 4.35. The molecule has 1 aromatic carbocycles. The number of phenolic OH excluding ortho intramolecular Hbond substituents is 1. The molecular formula is C19H27BrN2O3. The molecule has 2 aromatic rings. The van der Waals surface area contributed by atoms with Gasteiger partial charge in [-0.15, -0.1) is 5.10 Å². The predicted molar refractivity (Wildman–Crippen MR) is 104 cm³/mol. The minimum atomic E-state index is -0.460. The van der Waals surface area contributed by atoms with Crippen molar-refractivity contribution in [1.29, 1.82) is 0 Å². The smallest absolute Gasteiger partial charge is 0.437 e. The third-order valence-corrected chi connectivity index (χ3v) is 4.64. The summed E-state index contributed by atoms with van der Waals surface area (Å²) in [5, 5.41) is 15.9. The number of rotatable bonds is 4. The number of alkyl halides is 1. The molecule has 0 spiro atoms. The number of halogens is 1. The minimum Gasteiger partial charge on any atom is -0.507 e. The van der Waals surface area contributed by atoms with Gasteiger partial charge in [-0.25, -0.2) is 4.79 Å². The molecule has 0 aliphatic rings. The van der Waals surface area contributed by atoms with E-state index in [1.165, 1.54) is 4.68 Å². The number of aryl methyl sites for hydroxylation is 1. The maximum absolute atomic E-state index is 12.0. The highest BCUT2D eigenvalue weighted by Gasteiger charge is 2.28. The zero-order valence-electron chi connectivity index (χ0n) is 15.8. The van der Waals surface area contributed by atoms with E-state index in [-0.39, 0.29) is 16.7 Å². The maximum atomic E-state index is 12.0. The van der Waals surface area contributed by atoms with Gasteiger partial charge in [0.25, 0.3) is 0 Å². The molecule has 0 unspecified atom stereocenters. The van der Waals surface area contributed by atoms with Gasteiger partial charge in [0, 0.05) is 28.6 Å². The average molecular weight is 411 g/mol. The lowest BCUT2D eigenvalue weighted by Crippen LogP contribution is -2.17. The Balaban J connectivity index is 2.64. The van der Waals surface area contributed by atoms with Crippen molar-refractivity contribution in [3.05, 3.63) is 33.8 Å². The Kier molecular flexibility index (Phi) is 5.52. The van der Waals surface area contributed by atoms with E-state index in [0.29, 0.717) is 17.9 Å². The summed E-state index contributed by atoms with van der Waals surface area (Å²) in [5.74, 6) is 0.124. The van der Waals surface area contributed by atoms with Crippen molar-refractivity contribution in [2.75, 3.05) is 5.33 Å². The zero-order valence-corrected chi connectivity index (χ0v) is 17.4. The van der Waals surface area contributed by atoms with E-state index in [1.54, 1.807) is 0 Å². The lowest BCUT2D eigenvalue weighted by molar-refractivity contribution is 0.423. The van der Waals surface area contributed by atoms with E-state index in [1.807, 2.05) is 53.7 Å². The average Bonchev–Trinajstić information content (AvgIpc) is 2.84. The molecule has 0 saturated carbocycles. The van der Waals surface area contributed by atoms with E-state index in [2.05, 4.69) is 21.0 Å². The number of hydrogen-bond donors (Lipinski definition) is 1. The summed E-state index contributed by atoms with van der Waals surface area (Å²) >= 11 is 3.35. The SMILES string of the molecule is CC(C)(C)c1cc(-c2nn(CCCBr)c(=O)o2)cc(C(C)(C)C)c1O. The Morgan fingerprint density at radius 2 is 1.64 bits per heavy atom. The Morgan fingerprint density at radius 1 is 1.12 bits per heavy atom. The van der Waals surface area contributed by atoms with Gasteiger partial charge >= 0.3 is 5.76 Å². The van der Waals surface area contributed by atoms with Gasteiger partial charge in [0.1, 0.15) is 5.75 Å². The third-order valence-electron chi connectivity index (χ3n) is 4.08. The Morgan fingerprint density at radius 3 is 2.08 bits per heavy atom. The summed E-state index contributed by atoms with van der Waals surface area (Å²) in [6.07, 6.45) is 0.794. The molecular weight excluding hydrogens is 384 g/mol. The van der Waals surface area contributed by atoms with Crippen LogP contribution in [-0.2, 0) is 17.4 Å². The number of benzene rings is 1. The van der Waals surface area contributed by atoms with Crippen LogP contribution in [0.4, 0.5) is 0 Å². The fraction of sp³-hybridized carbons (Fsp3) is 0.579. The van der Waals surface area contributed by atoms with Gasteiger partial charge in [-0.3, -0.25) is 0 Å². The minimum absolute atomic E-state index is 0.251. The van der Waals surface area contributed by atoms with E-state index < -0.39 is 5.76 Å². The second-order valence-corrected chi connectivity index (χ2v) is 9.15. The van der Waals surface area contributed by atoms with Gasteiger partial charge in [-0.05, 0) is 29.4 Å². The van der Waals surface area contributed by atoms with Crippen LogP contribution in [0.2, 0.25) is 0 Å². The van der Waals surface area contributed by atoms with Crippen LogP contribution in [0.1, 0.15) is 59.1 Å². The maximum Gasteiger partial charge on any atom is 0.437 e. The van der Waals surface area contributed by atoms with Crippen molar-refractivity contribution in [2.24, 2.45) is 0 Å². The number of nitrogens with zero attached hydrogens (tertiary/aromatic N) is 2. The highest BCUT2D eigenvalue weighted by atomic mass is 79.9. The molecule has 6 heteroatoms. The standard InChI is InChI=1S/C19H27BrN2O3/c1-18(2,3)13-10-12(11-14(15(13)23)19(4,5)6)16-21-22(9-7-8-20)17(24)25-16/h10-11,23H,7-9H2,1-6H3. The first-order valence-electron chi connectivity index (χ1n) is 8.47. The van der Waals surface area contributed by atoms with Crippen molar-refractivity contribution < 1.29 is 9.52 Å². The molecule has 25 heavy (non-hydrogen) atoms. The Hall–Kier alpha value is -1.56. The van der Waals surface area contributed by atoms with Crippen LogP contribution in [0.5, 0.6) is 5.75 Å². The van der Waals surface area contributed by atoms with Crippen molar-refractivity contribution in [1.82, 2.24) is 9.78 Å². The molecule has 0 bridgehead atoms. The highest BCUT2D eigenvalue weighted by molar-refractivity contribution is 9.09. The van der Waals surface area contributed by atoms with Gasteiger partial charge in [0.05, 0.1) is 0 Å². The van der Waals surface area contributed by atoms with E-state index >= 15 is 0 Å². The van der Waals surface area contributed by atoms with Gasteiger partial charge in [0.15, 0.2) is 0 Å². The molecule has 0 aliphatic heterocycles. The monoisotopic (exact) mass is 410 g/mol. The first-order valence-corrected chi connectivity index (χ1v) is 9.59. The molecule has 0 saturated heterocycles. The molecule has 1 aromatic heterocycles. The lowest BCUT2D eigenvalue weighted by Gasteiger charge is -2.27. The fourth-order valence-electron chi connectivity index (χ4n) is 2.68. The number of hydrogen-bond acceptors (Lipinski definition) is 4. The first-order chi connectivity index (χ1) is 11.4. The molecule has 0 amide bonds. The molecule has 0 fully saturated rings. The van der Waals surface area contributed by atoms with Crippen LogP contribution >= 0.6 is 15.9 Å². The summed E-state index contributed by atoms with van der Waals surface area (Å²) in [6, 6.07) is 3.73. The quantitative estimate of drug-likeness (QED) is 0.748. The Bertz CT molecular complexity index is 772. The van der Waals surface area contributed by atoms with Crippen molar-refractivity contribution in [3.63, 3.8) is 0 Å². The van der Waals surface area contributed by atoms with Crippen LogP contribution in [-0.4, -0.2) is 20.2 Å². The first kappa shape index (κ1) is 19.8. The lowest BCUT2D eigenvalue weighted by atomic mass is 9.78. The van der Waals surface area contributed by atoms with Gasteiger partial charge < -0.3 is 9.52 Å². The fourth-order valence-corrected chi connectivity index (χ4v) is 2.93. The van der Waals surface area contributed by atoms with E-state index in [4.69, 9.17) is 4.42 Å². The summed E-state index contributed by atoms with van der Waals surface area (Å²) in [4.78, 5) is 12.0.